The average molecular weight is 273 g/mol. The number of nitrogens with one attached hydrogen (secondary N) is 2. The molecule has 20 heavy (non-hydrogen) atoms. The quantitative estimate of drug-likeness (QED) is 0.882. The number of hydrogen-bond donors (Lipinski definition) is 2. The summed E-state index contributed by atoms with van der Waals surface area (Å²) >= 11 is 0. The molecule has 0 radical (unpaired) electrons. The first kappa shape index (κ1) is 13.4. The molecule has 1 unspecified atom stereocenters. The van der Waals surface area contributed by atoms with Crippen molar-refractivity contribution in [1.82, 2.24) is 10.2 Å². The number of likely N-dealkylation sites (tertiary alicyclic amines) is 1. The molecule has 2 heterocycles. The minimum atomic E-state index is 0.0333. The molecule has 1 fully saturated rings. The maximum absolute atomic E-state index is 12.0. The molecule has 1 amide bonds. The molecule has 0 saturated carbocycles. The number of amides is 1. The van der Waals surface area contributed by atoms with E-state index in [1.54, 1.807) is 7.05 Å². The lowest BCUT2D eigenvalue weighted by Gasteiger charge is -2.34. The van der Waals surface area contributed by atoms with Crippen LogP contribution in [0.1, 0.15) is 30.4 Å². The van der Waals surface area contributed by atoms with Gasteiger partial charge in [-0.05, 0) is 36.9 Å². The standard InChI is InChI=1S/C16H23N3O/c1-17-16(20)14-7-2-3-10-19(14)11-13-6-4-5-12-8-9-18-15(12)13/h4-6,14,18H,2-3,7-11H2,1H3,(H,17,20). The number of carbonyl (C=O) groups excluding carboxylic acids is 1. The van der Waals surface area contributed by atoms with E-state index in [2.05, 4.69) is 33.7 Å². The molecule has 108 valence electrons. The lowest BCUT2D eigenvalue weighted by atomic mass is 9.99. The zero-order valence-electron chi connectivity index (χ0n) is 12.1. The number of fused-ring (bicyclic) bond motifs is 1. The van der Waals surface area contributed by atoms with Gasteiger partial charge in [-0.1, -0.05) is 24.6 Å². The smallest absolute Gasteiger partial charge is 0.237 e. The van der Waals surface area contributed by atoms with Crippen LogP contribution in [0.3, 0.4) is 0 Å². The van der Waals surface area contributed by atoms with Gasteiger partial charge < -0.3 is 10.6 Å². The molecule has 4 nitrogen and oxygen atoms in total. The fraction of sp³-hybridized carbons (Fsp3) is 0.562. The van der Waals surface area contributed by atoms with E-state index in [1.807, 2.05) is 0 Å². The highest BCUT2D eigenvalue weighted by molar-refractivity contribution is 5.81. The fourth-order valence-electron chi connectivity index (χ4n) is 3.41. The summed E-state index contributed by atoms with van der Waals surface area (Å²) < 4.78 is 0. The number of carbonyl (C=O) groups is 1. The first-order valence-electron chi connectivity index (χ1n) is 7.60. The first-order chi connectivity index (χ1) is 9.79. The van der Waals surface area contributed by atoms with Crippen LogP contribution in [0.15, 0.2) is 18.2 Å². The Hall–Kier alpha value is -1.55. The van der Waals surface area contributed by atoms with Crippen molar-refractivity contribution in [3.63, 3.8) is 0 Å². The fourth-order valence-corrected chi connectivity index (χ4v) is 3.41. The molecule has 0 bridgehead atoms. The number of likely N-dealkylation sites (N-methyl/N-ethyl adjacent to an activating group) is 1. The number of rotatable bonds is 3. The minimum Gasteiger partial charge on any atom is -0.384 e. The van der Waals surface area contributed by atoms with Gasteiger partial charge in [-0.2, -0.15) is 0 Å². The van der Waals surface area contributed by atoms with Gasteiger partial charge in [-0.15, -0.1) is 0 Å². The maximum Gasteiger partial charge on any atom is 0.237 e. The molecule has 0 aliphatic carbocycles. The van der Waals surface area contributed by atoms with Gasteiger partial charge in [0.2, 0.25) is 5.91 Å². The predicted molar refractivity (Wildman–Crippen MR) is 80.8 cm³/mol. The van der Waals surface area contributed by atoms with Crippen LogP contribution in [0.5, 0.6) is 0 Å². The third kappa shape index (κ3) is 2.52. The van der Waals surface area contributed by atoms with Crippen molar-refractivity contribution < 1.29 is 4.79 Å². The monoisotopic (exact) mass is 273 g/mol. The second kappa shape index (κ2) is 5.83. The van der Waals surface area contributed by atoms with Crippen molar-refractivity contribution in [2.75, 3.05) is 25.5 Å². The summed E-state index contributed by atoms with van der Waals surface area (Å²) in [6.07, 6.45) is 4.43. The Balaban J connectivity index is 1.79. The summed E-state index contributed by atoms with van der Waals surface area (Å²) in [4.78, 5) is 14.4. The third-order valence-corrected chi connectivity index (χ3v) is 4.47. The van der Waals surface area contributed by atoms with Crippen LogP contribution < -0.4 is 10.6 Å². The second-order valence-corrected chi connectivity index (χ2v) is 5.72. The number of para-hydroxylation sites is 1. The van der Waals surface area contributed by atoms with Gasteiger partial charge in [0.1, 0.15) is 0 Å². The predicted octanol–water partition coefficient (Wildman–Crippen LogP) is 1.76. The van der Waals surface area contributed by atoms with E-state index in [1.165, 1.54) is 23.2 Å². The highest BCUT2D eigenvalue weighted by Crippen LogP contribution is 2.29. The third-order valence-electron chi connectivity index (χ3n) is 4.47. The summed E-state index contributed by atoms with van der Waals surface area (Å²) in [5, 5.41) is 6.30. The molecular weight excluding hydrogens is 250 g/mol. The zero-order chi connectivity index (χ0) is 13.9. The maximum atomic E-state index is 12.0. The molecule has 1 atom stereocenters. The summed E-state index contributed by atoms with van der Waals surface area (Å²) in [7, 11) is 1.73. The van der Waals surface area contributed by atoms with Gasteiger partial charge in [0, 0.05) is 25.8 Å². The molecule has 2 aliphatic rings. The van der Waals surface area contributed by atoms with E-state index in [9.17, 15) is 4.79 Å². The SMILES string of the molecule is CNC(=O)C1CCCCN1Cc1cccc2c1NCC2. The Bertz CT molecular complexity index is 500. The van der Waals surface area contributed by atoms with E-state index in [-0.39, 0.29) is 11.9 Å². The van der Waals surface area contributed by atoms with Crippen LogP contribution in [-0.4, -0.2) is 37.0 Å². The van der Waals surface area contributed by atoms with Crippen LogP contribution in [0.4, 0.5) is 5.69 Å². The number of hydrogen-bond acceptors (Lipinski definition) is 3. The van der Waals surface area contributed by atoms with Gasteiger partial charge in [0.25, 0.3) is 0 Å². The van der Waals surface area contributed by atoms with Gasteiger partial charge in [-0.25, -0.2) is 0 Å². The molecule has 1 aromatic carbocycles. The Labute approximate surface area is 120 Å². The second-order valence-electron chi connectivity index (χ2n) is 5.72. The Kier molecular flexibility index (Phi) is 3.92. The highest BCUT2D eigenvalue weighted by atomic mass is 16.2. The van der Waals surface area contributed by atoms with Crippen molar-refractivity contribution in [3.8, 4) is 0 Å². The number of nitrogens with zero attached hydrogens (tertiary/aromatic N) is 1. The van der Waals surface area contributed by atoms with E-state index >= 15 is 0 Å². The van der Waals surface area contributed by atoms with Gasteiger partial charge >= 0.3 is 0 Å². The largest absolute Gasteiger partial charge is 0.384 e. The van der Waals surface area contributed by atoms with Gasteiger partial charge in [-0.3, -0.25) is 9.69 Å². The number of benzene rings is 1. The van der Waals surface area contributed by atoms with Gasteiger partial charge in [0.15, 0.2) is 0 Å². The molecule has 0 aromatic heterocycles. The van der Waals surface area contributed by atoms with E-state index in [0.717, 1.165) is 38.9 Å². The summed E-state index contributed by atoms with van der Waals surface area (Å²) in [6.45, 7) is 2.92. The minimum absolute atomic E-state index is 0.0333. The Morgan fingerprint density at radius 2 is 2.35 bits per heavy atom. The normalized spacial score (nSPS) is 22.1. The van der Waals surface area contributed by atoms with Crippen molar-refractivity contribution in [3.05, 3.63) is 29.3 Å². The van der Waals surface area contributed by atoms with Crippen molar-refractivity contribution in [2.45, 2.75) is 38.3 Å². The van der Waals surface area contributed by atoms with Gasteiger partial charge in [0.05, 0.1) is 6.04 Å². The first-order valence-corrected chi connectivity index (χ1v) is 7.60. The van der Waals surface area contributed by atoms with Crippen LogP contribution in [0.25, 0.3) is 0 Å². The lowest BCUT2D eigenvalue weighted by molar-refractivity contribution is -0.127. The average Bonchev–Trinajstić information content (AvgIpc) is 2.96. The molecule has 0 spiro atoms. The number of piperidine rings is 1. The highest BCUT2D eigenvalue weighted by Gasteiger charge is 2.28. The summed E-state index contributed by atoms with van der Waals surface area (Å²) in [5.41, 5.74) is 4.04. The van der Waals surface area contributed by atoms with Crippen LogP contribution >= 0.6 is 0 Å². The Morgan fingerprint density at radius 3 is 3.20 bits per heavy atom. The van der Waals surface area contributed by atoms with E-state index in [4.69, 9.17) is 0 Å². The van der Waals surface area contributed by atoms with Crippen molar-refractivity contribution >= 4 is 11.6 Å². The van der Waals surface area contributed by atoms with Crippen molar-refractivity contribution in [1.29, 1.82) is 0 Å². The van der Waals surface area contributed by atoms with Crippen LogP contribution in [-0.2, 0) is 17.8 Å². The lowest BCUT2D eigenvalue weighted by Crippen LogP contribution is -2.48. The zero-order valence-corrected chi connectivity index (χ0v) is 12.1. The Morgan fingerprint density at radius 1 is 1.45 bits per heavy atom. The topological polar surface area (TPSA) is 44.4 Å². The molecular formula is C16H23N3O. The molecule has 4 heteroatoms. The van der Waals surface area contributed by atoms with E-state index in [0.29, 0.717) is 0 Å². The van der Waals surface area contributed by atoms with Crippen LogP contribution in [0, 0.1) is 0 Å². The number of anilines is 1. The molecule has 1 saturated heterocycles. The summed E-state index contributed by atoms with van der Waals surface area (Å²) in [5.74, 6) is 0.158. The van der Waals surface area contributed by atoms with Crippen LogP contribution in [0.2, 0.25) is 0 Å². The van der Waals surface area contributed by atoms with Crippen molar-refractivity contribution in [2.24, 2.45) is 0 Å². The molecule has 3 rings (SSSR count). The molecule has 2 N–H and O–H groups in total. The summed E-state index contributed by atoms with van der Waals surface area (Å²) in [6, 6.07) is 6.56. The molecule has 2 aliphatic heterocycles. The van der Waals surface area contributed by atoms with E-state index < -0.39 is 0 Å². The molecule has 1 aromatic rings.